The van der Waals surface area contributed by atoms with Crippen LogP contribution in [-0.4, -0.2) is 32.1 Å². The number of methoxy groups -OCH3 is 1. The molecule has 1 N–H and O–H groups in total. The Hall–Kier alpha value is -4.39. The number of carbonyl (C=O) groups is 1. The van der Waals surface area contributed by atoms with Gasteiger partial charge in [0.05, 0.1) is 18.1 Å². The molecule has 0 saturated heterocycles. The second-order valence-electron chi connectivity index (χ2n) is 8.11. The smallest absolute Gasteiger partial charge is 0.252 e. The SMILES string of the molecule is COc1cccc(C(NC(=O)c2ccc3c(c2)nc(C)n3-c2ccccc2)c2nccn2C)c1. The van der Waals surface area contributed by atoms with Gasteiger partial charge in [-0.2, -0.15) is 0 Å². The molecule has 1 amide bonds. The van der Waals surface area contributed by atoms with Crippen LogP contribution in [0.2, 0.25) is 0 Å². The number of carbonyl (C=O) groups excluding carboxylic acids is 1. The van der Waals surface area contributed by atoms with Gasteiger partial charge in [-0.25, -0.2) is 9.97 Å². The fourth-order valence-electron chi connectivity index (χ4n) is 4.23. The van der Waals surface area contributed by atoms with Crippen molar-refractivity contribution in [1.29, 1.82) is 0 Å². The molecule has 7 nitrogen and oxygen atoms in total. The van der Waals surface area contributed by atoms with E-state index in [1.165, 1.54) is 0 Å². The molecule has 2 aromatic heterocycles. The maximum atomic E-state index is 13.4. The predicted molar refractivity (Wildman–Crippen MR) is 131 cm³/mol. The minimum atomic E-state index is -0.443. The molecule has 2 heterocycles. The number of benzene rings is 3. The monoisotopic (exact) mass is 451 g/mol. The van der Waals surface area contributed by atoms with E-state index < -0.39 is 6.04 Å². The van der Waals surface area contributed by atoms with E-state index in [0.29, 0.717) is 11.3 Å². The fourth-order valence-corrected chi connectivity index (χ4v) is 4.23. The summed E-state index contributed by atoms with van der Waals surface area (Å²) in [6.07, 6.45) is 3.58. The third-order valence-electron chi connectivity index (χ3n) is 5.92. The molecule has 1 unspecified atom stereocenters. The summed E-state index contributed by atoms with van der Waals surface area (Å²) in [5, 5.41) is 3.15. The van der Waals surface area contributed by atoms with Crippen molar-refractivity contribution in [1.82, 2.24) is 24.4 Å². The zero-order valence-electron chi connectivity index (χ0n) is 19.3. The van der Waals surface area contributed by atoms with Crippen LogP contribution in [-0.2, 0) is 7.05 Å². The number of fused-ring (bicyclic) bond motifs is 1. The van der Waals surface area contributed by atoms with Crippen LogP contribution in [0.15, 0.2) is 85.2 Å². The number of aromatic nitrogens is 4. The summed E-state index contributed by atoms with van der Waals surface area (Å²) in [6.45, 7) is 1.96. The molecule has 5 aromatic rings. The Kier molecular flexibility index (Phi) is 5.59. The van der Waals surface area contributed by atoms with E-state index in [1.807, 2.05) is 97.5 Å². The molecule has 5 rings (SSSR count). The lowest BCUT2D eigenvalue weighted by Crippen LogP contribution is -2.31. The number of imidazole rings is 2. The molecular weight excluding hydrogens is 426 g/mol. The lowest BCUT2D eigenvalue weighted by molar-refractivity contribution is 0.0941. The minimum Gasteiger partial charge on any atom is -0.497 e. The average Bonchev–Trinajstić information content (AvgIpc) is 3.44. The van der Waals surface area contributed by atoms with Gasteiger partial charge in [-0.1, -0.05) is 30.3 Å². The Morgan fingerprint density at radius 2 is 1.85 bits per heavy atom. The van der Waals surface area contributed by atoms with Crippen molar-refractivity contribution in [2.75, 3.05) is 7.11 Å². The summed E-state index contributed by atoms with van der Waals surface area (Å²) in [5.74, 6) is 2.10. The van der Waals surface area contributed by atoms with Crippen LogP contribution in [0.25, 0.3) is 16.7 Å². The largest absolute Gasteiger partial charge is 0.497 e. The van der Waals surface area contributed by atoms with Gasteiger partial charge in [0.15, 0.2) is 0 Å². The van der Waals surface area contributed by atoms with Gasteiger partial charge in [-0.15, -0.1) is 0 Å². The second-order valence-corrected chi connectivity index (χ2v) is 8.11. The normalized spacial score (nSPS) is 12.0. The summed E-state index contributed by atoms with van der Waals surface area (Å²) in [5.41, 5.74) is 4.17. The Morgan fingerprint density at radius 1 is 1.03 bits per heavy atom. The van der Waals surface area contributed by atoms with Crippen molar-refractivity contribution < 1.29 is 9.53 Å². The number of amides is 1. The number of hydrogen-bond acceptors (Lipinski definition) is 4. The molecule has 0 saturated carbocycles. The quantitative estimate of drug-likeness (QED) is 0.410. The third kappa shape index (κ3) is 3.92. The summed E-state index contributed by atoms with van der Waals surface area (Å²) in [6, 6.07) is 22.9. The topological polar surface area (TPSA) is 74.0 Å². The lowest BCUT2D eigenvalue weighted by atomic mass is 10.0. The Bertz CT molecular complexity index is 1470. The molecule has 0 aliphatic heterocycles. The van der Waals surface area contributed by atoms with E-state index in [1.54, 1.807) is 13.3 Å². The summed E-state index contributed by atoms with van der Waals surface area (Å²) >= 11 is 0. The first-order valence-electron chi connectivity index (χ1n) is 11.0. The molecule has 0 fully saturated rings. The maximum Gasteiger partial charge on any atom is 0.252 e. The van der Waals surface area contributed by atoms with E-state index in [9.17, 15) is 4.79 Å². The summed E-state index contributed by atoms with van der Waals surface area (Å²) in [7, 11) is 3.53. The molecule has 170 valence electrons. The zero-order chi connectivity index (χ0) is 23.7. The Labute approximate surface area is 197 Å². The van der Waals surface area contributed by atoms with Crippen molar-refractivity contribution in [2.45, 2.75) is 13.0 Å². The Balaban J connectivity index is 1.50. The highest BCUT2D eigenvalue weighted by molar-refractivity contribution is 5.98. The van der Waals surface area contributed by atoms with Gasteiger partial charge in [0.1, 0.15) is 23.4 Å². The van der Waals surface area contributed by atoms with E-state index >= 15 is 0 Å². The second kappa shape index (κ2) is 8.86. The van der Waals surface area contributed by atoms with Crippen LogP contribution in [0, 0.1) is 6.92 Å². The zero-order valence-corrected chi connectivity index (χ0v) is 19.3. The number of hydrogen-bond donors (Lipinski definition) is 1. The fraction of sp³-hybridized carbons (Fsp3) is 0.148. The van der Waals surface area contributed by atoms with E-state index in [-0.39, 0.29) is 5.91 Å². The molecular formula is C27H25N5O2. The summed E-state index contributed by atoms with van der Waals surface area (Å²) in [4.78, 5) is 22.6. The highest BCUT2D eigenvalue weighted by Crippen LogP contribution is 2.26. The van der Waals surface area contributed by atoms with Crippen molar-refractivity contribution >= 4 is 16.9 Å². The van der Waals surface area contributed by atoms with E-state index in [2.05, 4.69) is 14.9 Å². The van der Waals surface area contributed by atoms with Crippen LogP contribution >= 0.6 is 0 Å². The van der Waals surface area contributed by atoms with Gasteiger partial charge in [0.2, 0.25) is 0 Å². The van der Waals surface area contributed by atoms with Crippen molar-refractivity contribution in [3.63, 3.8) is 0 Å². The van der Waals surface area contributed by atoms with E-state index in [4.69, 9.17) is 9.72 Å². The lowest BCUT2D eigenvalue weighted by Gasteiger charge is -2.20. The molecule has 34 heavy (non-hydrogen) atoms. The highest BCUT2D eigenvalue weighted by atomic mass is 16.5. The molecule has 1 atom stereocenters. The number of nitrogens with zero attached hydrogens (tertiary/aromatic N) is 4. The highest BCUT2D eigenvalue weighted by Gasteiger charge is 2.22. The third-order valence-corrected chi connectivity index (χ3v) is 5.92. The molecule has 0 radical (unpaired) electrons. The van der Waals surface area contributed by atoms with Crippen LogP contribution in [0.5, 0.6) is 5.75 Å². The van der Waals surface area contributed by atoms with Gasteiger partial charge in [0, 0.05) is 30.7 Å². The van der Waals surface area contributed by atoms with Crippen LogP contribution < -0.4 is 10.1 Å². The van der Waals surface area contributed by atoms with Gasteiger partial charge in [0.25, 0.3) is 5.91 Å². The molecule has 7 heteroatoms. The molecule has 0 bridgehead atoms. The van der Waals surface area contributed by atoms with Gasteiger partial charge >= 0.3 is 0 Å². The van der Waals surface area contributed by atoms with Crippen molar-refractivity contribution in [3.8, 4) is 11.4 Å². The number of rotatable bonds is 6. The first-order valence-corrected chi connectivity index (χ1v) is 11.0. The van der Waals surface area contributed by atoms with Crippen LogP contribution in [0.3, 0.4) is 0 Å². The Morgan fingerprint density at radius 3 is 2.59 bits per heavy atom. The number of nitrogens with one attached hydrogen (secondary N) is 1. The number of para-hydroxylation sites is 1. The minimum absolute atomic E-state index is 0.204. The van der Waals surface area contributed by atoms with Crippen molar-refractivity contribution in [3.05, 3.63) is 108 Å². The van der Waals surface area contributed by atoms with Gasteiger partial charge in [-0.3, -0.25) is 9.36 Å². The first kappa shape index (κ1) is 21.5. The average molecular weight is 452 g/mol. The van der Waals surface area contributed by atoms with Crippen LogP contribution in [0.1, 0.15) is 33.6 Å². The molecule has 0 spiro atoms. The molecule has 0 aliphatic carbocycles. The predicted octanol–water partition coefficient (Wildman–Crippen LogP) is 4.60. The van der Waals surface area contributed by atoms with Crippen molar-refractivity contribution in [2.24, 2.45) is 7.05 Å². The number of ether oxygens (including phenoxy) is 1. The maximum absolute atomic E-state index is 13.4. The van der Waals surface area contributed by atoms with E-state index in [0.717, 1.165) is 33.9 Å². The van der Waals surface area contributed by atoms with Gasteiger partial charge in [-0.05, 0) is 55.0 Å². The number of aryl methyl sites for hydroxylation is 2. The molecule has 3 aromatic carbocycles. The van der Waals surface area contributed by atoms with Crippen LogP contribution in [0.4, 0.5) is 0 Å². The standard InChI is InChI=1S/C27H25N5O2/c1-18-29-23-17-20(12-13-24(23)32(18)21-9-5-4-6-10-21)27(33)30-25(26-28-14-15-31(26)2)19-8-7-11-22(16-19)34-3/h4-17,25H,1-3H3,(H,30,33). The summed E-state index contributed by atoms with van der Waals surface area (Å²) < 4.78 is 9.38. The van der Waals surface area contributed by atoms with Gasteiger partial charge < -0.3 is 14.6 Å². The molecule has 0 aliphatic rings. The first-order chi connectivity index (χ1) is 16.5.